The van der Waals surface area contributed by atoms with E-state index in [0.29, 0.717) is 43.5 Å². The minimum atomic E-state index is -3.55. The van der Waals surface area contributed by atoms with Gasteiger partial charge in [-0.3, -0.25) is 4.79 Å². The van der Waals surface area contributed by atoms with Gasteiger partial charge < -0.3 is 14.5 Å². The van der Waals surface area contributed by atoms with Gasteiger partial charge >= 0.3 is 0 Å². The molecule has 11 heteroatoms. The zero-order valence-corrected chi connectivity index (χ0v) is 17.1. The predicted octanol–water partition coefficient (Wildman–Crippen LogP) is 1.79. The van der Waals surface area contributed by atoms with Gasteiger partial charge in [0.25, 0.3) is 10.0 Å². The van der Waals surface area contributed by atoms with Gasteiger partial charge in [0.15, 0.2) is 0 Å². The number of anilines is 1. The van der Waals surface area contributed by atoms with Crippen LogP contribution in [0.25, 0.3) is 0 Å². The van der Waals surface area contributed by atoms with Crippen LogP contribution in [0.4, 0.5) is 5.82 Å². The number of ether oxygens (including phenoxy) is 1. The summed E-state index contributed by atoms with van der Waals surface area (Å²) >= 11 is 1.11. The van der Waals surface area contributed by atoms with Gasteiger partial charge in [-0.05, 0) is 24.3 Å². The molecule has 0 radical (unpaired) electrons. The number of hydrogen-bond acceptors (Lipinski definition) is 7. The van der Waals surface area contributed by atoms with Crippen LogP contribution in [0.3, 0.4) is 0 Å². The first kappa shape index (κ1) is 19.8. The largest absolute Gasteiger partial charge is 0.467 e. The molecule has 0 spiro atoms. The van der Waals surface area contributed by atoms with E-state index in [2.05, 4.69) is 10.4 Å². The van der Waals surface area contributed by atoms with Crippen molar-refractivity contribution in [2.24, 2.45) is 0 Å². The van der Waals surface area contributed by atoms with E-state index < -0.39 is 10.0 Å². The molecule has 1 N–H and O–H groups in total. The Kier molecular flexibility index (Phi) is 5.81. The maximum atomic E-state index is 12.7. The summed E-state index contributed by atoms with van der Waals surface area (Å²) in [7, 11) is -3.55. The summed E-state index contributed by atoms with van der Waals surface area (Å²) in [5.41, 5.74) is 0. The summed E-state index contributed by atoms with van der Waals surface area (Å²) in [5, 5.41) is 7.00. The molecule has 1 aliphatic heterocycles. The number of furan rings is 1. The van der Waals surface area contributed by atoms with E-state index in [1.54, 1.807) is 41.4 Å². The van der Waals surface area contributed by atoms with Crippen LogP contribution in [0.5, 0.6) is 0 Å². The molecule has 9 nitrogen and oxygen atoms in total. The average molecular weight is 437 g/mol. The highest BCUT2D eigenvalue weighted by Crippen LogP contribution is 2.26. The van der Waals surface area contributed by atoms with Crippen molar-refractivity contribution >= 4 is 33.1 Å². The van der Waals surface area contributed by atoms with Crippen molar-refractivity contribution in [3.63, 3.8) is 0 Å². The van der Waals surface area contributed by atoms with Crippen molar-refractivity contribution in [2.45, 2.75) is 17.2 Å². The van der Waals surface area contributed by atoms with E-state index in [1.165, 1.54) is 4.31 Å². The minimum absolute atomic E-state index is 0.0786. The van der Waals surface area contributed by atoms with Gasteiger partial charge in [0, 0.05) is 24.0 Å². The summed E-state index contributed by atoms with van der Waals surface area (Å²) < 4.78 is 39.2. The second-order valence-electron chi connectivity index (χ2n) is 6.42. The molecule has 4 heterocycles. The number of hydrogen-bond donors (Lipinski definition) is 1. The highest BCUT2D eigenvalue weighted by molar-refractivity contribution is 7.91. The third-order valence-corrected chi connectivity index (χ3v) is 7.86. The monoisotopic (exact) mass is 436 g/mol. The lowest BCUT2D eigenvalue weighted by atomic mass is 10.3. The van der Waals surface area contributed by atoms with Gasteiger partial charge in [-0.15, -0.1) is 11.3 Å². The summed E-state index contributed by atoms with van der Waals surface area (Å²) in [6.45, 7) is 1.87. The normalized spacial score (nSPS) is 15.4. The van der Waals surface area contributed by atoms with Crippen LogP contribution >= 0.6 is 11.3 Å². The van der Waals surface area contributed by atoms with Crippen LogP contribution < -0.4 is 5.32 Å². The molecule has 29 heavy (non-hydrogen) atoms. The molecule has 0 aromatic carbocycles. The van der Waals surface area contributed by atoms with Crippen molar-refractivity contribution in [3.05, 3.63) is 53.4 Å². The molecule has 0 unspecified atom stereocenters. The first-order valence-electron chi connectivity index (χ1n) is 9.03. The second-order valence-corrected chi connectivity index (χ2v) is 9.75. The fourth-order valence-electron chi connectivity index (χ4n) is 2.97. The van der Waals surface area contributed by atoms with Gasteiger partial charge in [0.05, 0.1) is 32.1 Å². The molecule has 1 fully saturated rings. The summed E-state index contributed by atoms with van der Waals surface area (Å²) in [5.74, 6) is 1.02. The zero-order valence-electron chi connectivity index (χ0n) is 15.5. The van der Waals surface area contributed by atoms with E-state index in [-0.39, 0.29) is 16.5 Å². The number of carbonyl (C=O) groups is 1. The van der Waals surface area contributed by atoms with Crippen molar-refractivity contribution < 1.29 is 22.4 Å². The van der Waals surface area contributed by atoms with Gasteiger partial charge in [-0.25, -0.2) is 13.1 Å². The highest BCUT2D eigenvalue weighted by Gasteiger charge is 2.28. The molecule has 3 aromatic heterocycles. The Morgan fingerprint density at radius 3 is 2.79 bits per heavy atom. The van der Waals surface area contributed by atoms with Crippen LogP contribution in [0.1, 0.15) is 10.6 Å². The summed E-state index contributed by atoms with van der Waals surface area (Å²) in [4.78, 5) is 13.1. The van der Waals surface area contributed by atoms with E-state index >= 15 is 0 Å². The quantitative estimate of drug-likeness (QED) is 0.605. The lowest BCUT2D eigenvalue weighted by molar-refractivity contribution is -0.115. The van der Waals surface area contributed by atoms with E-state index in [9.17, 15) is 13.2 Å². The molecule has 4 rings (SSSR count). The molecule has 3 aromatic rings. The predicted molar refractivity (Wildman–Crippen MR) is 106 cm³/mol. The number of sulfonamides is 1. The van der Waals surface area contributed by atoms with Crippen LogP contribution in [0.15, 0.2) is 51.4 Å². The molecule has 0 atom stereocenters. The minimum Gasteiger partial charge on any atom is -0.467 e. The lowest BCUT2D eigenvalue weighted by Crippen LogP contribution is -2.40. The molecule has 1 saturated heterocycles. The van der Waals surface area contributed by atoms with Gasteiger partial charge in [0.2, 0.25) is 5.91 Å². The average Bonchev–Trinajstić information content (AvgIpc) is 3.46. The standard InChI is InChI=1S/C18H20N4O5S2/c23-17(20-16-5-6-19-22(16)13-14-2-1-9-27-14)12-15-3-4-18(28-15)29(24,25)21-7-10-26-11-8-21/h1-6,9H,7-8,10-13H2,(H,20,23). The van der Waals surface area contributed by atoms with Gasteiger partial charge in [-0.1, -0.05) is 0 Å². The Morgan fingerprint density at radius 1 is 1.21 bits per heavy atom. The summed E-state index contributed by atoms with van der Waals surface area (Å²) in [6.07, 6.45) is 3.25. The zero-order chi connectivity index (χ0) is 20.3. The highest BCUT2D eigenvalue weighted by atomic mass is 32.2. The third kappa shape index (κ3) is 4.58. The molecule has 1 amide bonds. The first-order valence-corrected chi connectivity index (χ1v) is 11.3. The molecule has 0 aliphatic carbocycles. The smallest absolute Gasteiger partial charge is 0.252 e. The Balaban J connectivity index is 1.39. The maximum Gasteiger partial charge on any atom is 0.252 e. The SMILES string of the molecule is O=C(Cc1ccc(S(=O)(=O)N2CCOCC2)s1)Nc1ccnn1Cc1ccco1. The molecule has 1 aliphatic rings. The molecular formula is C18H20N4O5S2. The molecule has 154 valence electrons. The maximum absolute atomic E-state index is 12.7. The van der Waals surface area contributed by atoms with Crippen LogP contribution in [0.2, 0.25) is 0 Å². The fraction of sp³-hybridized carbons (Fsp3) is 0.333. The molecule has 0 bridgehead atoms. The number of carbonyl (C=O) groups excluding carboxylic acids is 1. The second kappa shape index (κ2) is 8.49. The van der Waals surface area contributed by atoms with Crippen molar-refractivity contribution in [1.82, 2.24) is 14.1 Å². The van der Waals surface area contributed by atoms with Crippen LogP contribution in [0, 0.1) is 0 Å². The third-order valence-electron chi connectivity index (χ3n) is 4.41. The van der Waals surface area contributed by atoms with Crippen LogP contribution in [-0.2, 0) is 32.5 Å². The molecular weight excluding hydrogens is 416 g/mol. The van der Waals surface area contributed by atoms with Crippen molar-refractivity contribution in [3.8, 4) is 0 Å². The van der Waals surface area contributed by atoms with Gasteiger partial charge in [0.1, 0.15) is 22.3 Å². The van der Waals surface area contributed by atoms with E-state index in [4.69, 9.17) is 9.15 Å². The number of thiophene rings is 1. The number of nitrogens with zero attached hydrogens (tertiary/aromatic N) is 3. The fourth-order valence-corrected chi connectivity index (χ4v) is 5.88. The van der Waals surface area contributed by atoms with Crippen molar-refractivity contribution in [1.29, 1.82) is 0 Å². The summed E-state index contributed by atoms with van der Waals surface area (Å²) in [6, 6.07) is 8.55. The lowest BCUT2D eigenvalue weighted by Gasteiger charge is -2.25. The first-order chi connectivity index (χ1) is 14.0. The number of nitrogens with one attached hydrogen (secondary N) is 1. The Hall–Kier alpha value is -2.47. The Labute approximate surface area is 171 Å². The van der Waals surface area contributed by atoms with Crippen LogP contribution in [-0.4, -0.2) is 54.7 Å². The van der Waals surface area contributed by atoms with Gasteiger partial charge in [-0.2, -0.15) is 9.40 Å². The topological polar surface area (TPSA) is 107 Å². The number of aromatic nitrogens is 2. The van der Waals surface area contributed by atoms with E-state index in [0.717, 1.165) is 17.1 Å². The Bertz CT molecular complexity index is 1070. The Morgan fingerprint density at radius 2 is 2.03 bits per heavy atom. The number of amides is 1. The number of rotatable bonds is 7. The van der Waals surface area contributed by atoms with E-state index in [1.807, 2.05) is 6.07 Å². The molecule has 0 saturated carbocycles. The number of morpholine rings is 1. The van der Waals surface area contributed by atoms with Crippen molar-refractivity contribution in [2.75, 3.05) is 31.6 Å².